The Hall–Kier alpha value is -0.130. The lowest BCUT2D eigenvalue weighted by atomic mass is 10.5. The molecule has 1 unspecified atom stereocenters. The smallest absolute Gasteiger partial charge is 0.152 e. The van der Waals surface area contributed by atoms with Crippen LogP contribution < -0.4 is 5.73 Å². The summed E-state index contributed by atoms with van der Waals surface area (Å²) in [6.45, 7) is 1.83. The minimum absolute atomic E-state index is 0.0778. The Morgan fingerprint density at radius 1 is 1.55 bits per heavy atom. The van der Waals surface area contributed by atoms with Crippen LogP contribution in [-0.4, -0.2) is 37.7 Å². The molecule has 3 N–H and O–H groups in total. The number of nitrogens with two attached hydrogens (primary N) is 1. The summed E-state index contributed by atoms with van der Waals surface area (Å²) >= 11 is 0. The van der Waals surface area contributed by atoms with Gasteiger partial charge in [0.15, 0.2) is 9.84 Å². The van der Waals surface area contributed by atoms with Gasteiger partial charge in [0.25, 0.3) is 0 Å². The molecular formula is C6H15NO3S. The molecule has 0 aromatic heterocycles. The highest BCUT2D eigenvalue weighted by Gasteiger charge is 2.12. The zero-order valence-corrected chi connectivity index (χ0v) is 7.47. The first-order chi connectivity index (χ1) is 4.98. The highest BCUT2D eigenvalue weighted by atomic mass is 32.2. The summed E-state index contributed by atoms with van der Waals surface area (Å²) in [6, 6.07) is 0. The third-order valence-electron chi connectivity index (χ3n) is 1.15. The molecule has 0 bridgehead atoms. The van der Waals surface area contributed by atoms with Gasteiger partial charge in [-0.05, 0) is 19.9 Å². The van der Waals surface area contributed by atoms with Crippen LogP contribution in [-0.2, 0) is 9.84 Å². The second kappa shape index (κ2) is 4.69. The van der Waals surface area contributed by atoms with Crippen molar-refractivity contribution in [3.05, 3.63) is 0 Å². The van der Waals surface area contributed by atoms with E-state index >= 15 is 0 Å². The first-order valence-corrected chi connectivity index (χ1v) is 5.38. The lowest BCUT2D eigenvalue weighted by molar-refractivity contribution is 0.218. The fourth-order valence-corrected chi connectivity index (χ4v) is 2.26. The normalized spacial score (nSPS) is 14.8. The molecule has 0 aliphatic rings. The number of hydrogen-bond acceptors (Lipinski definition) is 4. The Balaban J connectivity index is 3.82. The average Bonchev–Trinajstić information content (AvgIpc) is 1.81. The monoisotopic (exact) mass is 181 g/mol. The SMILES string of the molecule is CC(O)CS(=O)(=O)CCCN. The molecule has 0 aliphatic carbocycles. The molecule has 0 rings (SSSR count). The number of hydrogen-bond donors (Lipinski definition) is 2. The number of rotatable bonds is 5. The topological polar surface area (TPSA) is 80.4 Å². The maximum Gasteiger partial charge on any atom is 0.152 e. The Morgan fingerprint density at radius 3 is 2.45 bits per heavy atom. The molecule has 0 amide bonds. The van der Waals surface area contributed by atoms with Gasteiger partial charge in [-0.1, -0.05) is 0 Å². The van der Waals surface area contributed by atoms with Gasteiger partial charge >= 0.3 is 0 Å². The first-order valence-electron chi connectivity index (χ1n) is 3.56. The van der Waals surface area contributed by atoms with Crippen LogP contribution in [0.4, 0.5) is 0 Å². The van der Waals surface area contributed by atoms with Crippen molar-refractivity contribution in [2.45, 2.75) is 19.4 Å². The van der Waals surface area contributed by atoms with Crippen LogP contribution in [0.25, 0.3) is 0 Å². The summed E-state index contributed by atoms with van der Waals surface area (Å²) in [4.78, 5) is 0. The summed E-state index contributed by atoms with van der Waals surface area (Å²) in [5, 5.41) is 8.78. The maximum atomic E-state index is 11.0. The standard InChI is InChI=1S/C6H15NO3S/c1-6(8)5-11(9,10)4-2-3-7/h6,8H,2-5,7H2,1H3. The molecule has 4 nitrogen and oxygen atoms in total. The molecule has 1 atom stereocenters. The molecule has 0 saturated carbocycles. The fraction of sp³-hybridized carbons (Fsp3) is 1.00. The molecule has 0 spiro atoms. The number of aliphatic hydroxyl groups is 1. The van der Waals surface area contributed by atoms with Gasteiger partial charge in [-0.15, -0.1) is 0 Å². The summed E-state index contributed by atoms with van der Waals surface area (Å²) in [7, 11) is -3.07. The molecule has 0 aliphatic heterocycles. The molecule has 11 heavy (non-hydrogen) atoms. The molecule has 0 radical (unpaired) electrons. The molecule has 0 saturated heterocycles. The van der Waals surface area contributed by atoms with Crippen molar-refractivity contribution in [1.82, 2.24) is 0 Å². The van der Waals surface area contributed by atoms with E-state index in [0.29, 0.717) is 13.0 Å². The Bertz CT molecular complexity index is 186. The zero-order valence-electron chi connectivity index (χ0n) is 6.66. The van der Waals surface area contributed by atoms with Crippen molar-refractivity contribution in [2.75, 3.05) is 18.1 Å². The van der Waals surface area contributed by atoms with Gasteiger partial charge in [-0.25, -0.2) is 8.42 Å². The van der Waals surface area contributed by atoms with E-state index in [9.17, 15) is 8.42 Å². The number of sulfone groups is 1. The summed E-state index contributed by atoms with van der Waals surface area (Å²) in [5.41, 5.74) is 5.14. The van der Waals surface area contributed by atoms with Gasteiger partial charge < -0.3 is 10.8 Å². The van der Waals surface area contributed by atoms with E-state index in [1.807, 2.05) is 0 Å². The highest BCUT2D eigenvalue weighted by molar-refractivity contribution is 7.91. The van der Waals surface area contributed by atoms with Gasteiger partial charge in [0.1, 0.15) is 0 Å². The second-order valence-electron chi connectivity index (χ2n) is 2.61. The van der Waals surface area contributed by atoms with Crippen molar-refractivity contribution in [1.29, 1.82) is 0 Å². The van der Waals surface area contributed by atoms with E-state index in [1.54, 1.807) is 0 Å². The molecule has 0 aromatic carbocycles. The third-order valence-corrected chi connectivity index (χ3v) is 3.06. The molecule has 0 aromatic rings. The van der Waals surface area contributed by atoms with Crippen LogP contribution in [0, 0.1) is 0 Å². The van der Waals surface area contributed by atoms with Gasteiger partial charge in [-0.3, -0.25) is 0 Å². The van der Waals surface area contributed by atoms with E-state index in [0.717, 1.165) is 0 Å². The fourth-order valence-electron chi connectivity index (χ4n) is 0.754. The summed E-state index contributed by atoms with van der Waals surface area (Å²) in [5.74, 6) is -0.0819. The molecule has 0 fully saturated rings. The largest absolute Gasteiger partial charge is 0.392 e. The summed E-state index contributed by atoms with van der Waals surface area (Å²) in [6.07, 6.45) is -0.313. The van der Waals surface area contributed by atoms with E-state index in [-0.39, 0.29) is 11.5 Å². The minimum Gasteiger partial charge on any atom is -0.392 e. The second-order valence-corrected chi connectivity index (χ2v) is 4.83. The maximum absolute atomic E-state index is 11.0. The van der Waals surface area contributed by atoms with E-state index in [1.165, 1.54) is 6.92 Å². The van der Waals surface area contributed by atoms with Crippen molar-refractivity contribution in [3.8, 4) is 0 Å². The predicted octanol–water partition coefficient (Wildman–Crippen LogP) is -0.869. The van der Waals surface area contributed by atoms with Gasteiger partial charge in [0, 0.05) is 0 Å². The van der Waals surface area contributed by atoms with Crippen LogP contribution in [0.5, 0.6) is 0 Å². The lowest BCUT2D eigenvalue weighted by Gasteiger charge is -2.04. The molecular weight excluding hydrogens is 166 g/mol. The van der Waals surface area contributed by atoms with Crippen LogP contribution in [0.15, 0.2) is 0 Å². The van der Waals surface area contributed by atoms with Crippen LogP contribution >= 0.6 is 0 Å². The van der Waals surface area contributed by atoms with Crippen molar-refractivity contribution >= 4 is 9.84 Å². The quantitative estimate of drug-likeness (QED) is 0.578. The highest BCUT2D eigenvalue weighted by Crippen LogP contribution is 1.96. The molecule has 0 heterocycles. The van der Waals surface area contributed by atoms with Crippen molar-refractivity contribution < 1.29 is 13.5 Å². The first kappa shape index (κ1) is 10.9. The van der Waals surface area contributed by atoms with Crippen LogP contribution in [0.3, 0.4) is 0 Å². The Kier molecular flexibility index (Phi) is 4.63. The number of aliphatic hydroxyl groups excluding tert-OH is 1. The Morgan fingerprint density at radius 2 is 2.09 bits per heavy atom. The average molecular weight is 181 g/mol. The van der Waals surface area contributed by atoms with Gasteiger partial charge in [-0.2, -0.15) is 0 Å². The lowest BCUT2D eigenvalue weighted by Crippen LogP contribution is -2.21. The Labute approximate surface area is 67.3 Å². The van der Waals surface area contributed by atoms with Crippen molar-refractivity contribution in [2.24, 2.45) is 5.73 Å². The van der Waals surface area contributed by atoms with E-state index in [4.69, 9.17) is 10.8 Å². The van der Waals surface area contributed by atoms with E-state index in [2.05, 4.69) is 0 Å². The molecule has 5 heteroatoms. The van der Waals surface area contributed by atoms with E-state index < -0.39 is 15.9 Å². The minimum atomic E-state index is -3.07. The summed E-state index contributed by atoms with van der Waals surface area (Å²) < 4.78 is 22.0. The zero-order chi connectivity index (χ0) is 8.91. The van der Waals surface area contributed by atoms with Crippen LogP contribution in [0.2, 0.25) is 0 Å². The predicted molar refractivity (Wildman–Crippen MR) is 44.0 cm³/mol. The van der Waals surface area contributed by atoms with Gasteiger partial charge in [0.2, 0.25) is 0 Å². The van der Waals surface area contributed by atoms with Crippen LogP contribution in [0.1, 0.15) is 13.3 Å². The molecule has 68 valence electrons. The third kappa shape index (κ3) is 6.28. The van der Waals surface area contributed by atoms with Gasteiger partial charge in [0.05, 0.1) is 17.6 Å². The van der Waals surface area contributed by atoms with Crippen molar-refractivity contribution in [3.63, 3.8) is 0 Å².